The fraction of sp³-hybridized carbons (Fsp3) is 0.231. The number of carbonyl (C=O) groups is 1. The Hall–Kier alpha value is -2.30. The van der Waals surface area contributed by atoms with Crippen molar-refractivity contribution in [2.24, 2.45) is 7.05 Å². The molecule has 0 aliphatic rings. The number of amides is 1. The van der Waals surface area contributed by atoms with E-state index in [0.717, 1.165) is 5.82 Å². The number of hydrogen-bond donors (Lipinski definition) is 1. The fourth-order valence-electron chi connectivity index (χ4n) is 1.59. The summed E-state index contributed by atoms with van der Waals surface area (Å²) in [6.07, 6.45) is 3.54. The molecule has 5 nitrogen and oxygen atoms in total. The molecule has 0 atom stereocenters. The van der Waals surface area contributed by atoms with Crippen molar-refractivity contribution in [1.29, 1.82) is 0 Å². The average Bonchev–Trinajstić information content (AvgIpc) is 2.81. The van der Waals surface area contributed by atoms with Crippen molar-refractivity contribution in [2.45, 2.75) is 6.54 Å². The smallest absolute Gasteiger partial charge is 0.251 e. The zero-order chi connectivity index (χ0) is 13.0. The number of rotatable bonds is 4. The molecule has 0 saturated carbocycles. The highest BCUT2D eigenvalue weighted by molar-refractivity contribution is 5.94. The van der Waals surface area contributed by atoms with Crippen LogP contribution in [0.15, 0.2) is 36.7 Å². The van der Waals surface area contributed by atoms with E-state index in [-0.39, 0.29) is 5.91 Å². The first-order valence-corrected chi connectivity index (χ1v) is 5.59. The molecule has 18 heavy (non-hydrogen) atoms. The summed E-state index contributed by atoms with van der Waals surface area (Å²) >= 11 is 0. The molecule has 0 aliphatic carbocycles. The van der Waals surface area contributed by atoms with Crippen LogP contribution in [-0.4, -0.2) is 22.6 Å². The number of aryl methyl sites for hydroxylation is 1. The van der Waals surface area contributed by atoms with E-state index in [4.69, 9.17) is 4.74 Å². The van der Waals surface area contributed by atoms with Gasteiger partial charge in [-0.25, -0.2) is 4.98 Å². The van der Waals surface area contributed by atoms with Crippen LogP contribution in [0.1, 0.15) is 16.2 Å². The Labute approximate surface area is 105 Å². The average molecular weight is 245 g/mol. The largest absolute Gasteiger partial charge is 0.497 e. The van der Waals surface area contributed by atoms with Crippen LogP contribution in [0.4, 0.5) is 0 Å². The van der Waals surface area contributed by atoms with Crippen molar-refractivity contribution in [3.05, 3.63) is 48.0 Å². The van der Waals surface area contributed by atoms with Crippen molar-refractivity contribution < 1.29 is 9.53 Å². The summed E-state index contributed by atoms with van der Waals surface area (Å²) in [6, 6.07) is 7.04. The lowest BCUT2D eigenvalue weighted by Gasteiger charge is -2.06. The van der Waals surface area contributed by atoms with Gasteiger partial charge in [0.05, 0.1) is 13.7 Å². The summed E-state index contributed by atoms with van der Waals surface area (Å²) in [6.45, 7) is 0.402. The van der Waals surface area contributed by atoms with Gasteiger partial charge >= 0.3 is 0 Å². The first-order valence-electron chi connectivity index (χ1n) is 5.59. The number of benzene rings is 1. The molecule has 0 spiro atoms. The third-order valence-electron chi connectivity index (χ3n) is 2.66. The minimum absolute atomic E-state index is 0.142. The van der Waals surface area contributed by atoms with Crippen LogP contribution < -0.4 is 10.1 Å². The van der Waals surface area contributed by atoms with Crippen molar-refractivity contribution in [3.63, 3.8) is 0 Å². The van der Waals surface area contributed by atoms with E-state index in [0.29, 0.717) is 17.9 Å². The molecule has 0 unspecified atom stereocenters. The summed E-state index contributed by atoms with van der Waals surface area (Å²) in [7, 11) is 3.46. The lowest BCUT2D eigenvalue weighted by molar-refractivity contribution is 0.0949. The quantitative estimate of drug-likeness (QED) is 0.884. The molecule has 1 aromatic carbocycles. The van der Waals surface area contributed by atoms with Gasteiger partial charge < -0.3 is 14.6 Å². The maximum absolute atomic E-state index is 11.9. The maximum Gasteiger partial charge on any atom is 0.251 e. The monoisotopic (exact) mass is 245 g/mol. The van der Waals surface area contributed by atoms with Crippen LogP contribution in [0.3, 0.4) is 0 Å². The lowest BCUT2D eigenvalue weighted by atomic mass is 10.2. The van der Waals surface area contributed by atoms with Crippen molar-refractivity contribution in [3.8, 4) is 5.75 Å². The summed E-state index contributed by atoms with van der Waals surface area (Å²) in [5.41, 5.74) is 0.573. The zero-order valence-electron chi connectivity index (χ0n) is 10.4. The lowest BCUT2D eigenvalue weighted by Crippen LogP contribution is -2.24. The van der Waals surface area contributed by atoms with Gasteiger partial charge in [0.15, 0.2) is 0 Å². The molecule has 94 valence electrons. The summed E-state index contributed by atoms with van der Waals surface area (Å²) in [5, 5.41) is 2.82. The van der Waals surface area contributed by atoms with Gasteiger partial charge in [0, 0.05) is 25.0 Å². The highest BCUT2D eigenvalue weighted by Crippen LogP contribution is 2.12. The second kappa shape index (κ2) is 5.35. The van der Waals surface area contributed by atoms with Crippen LogP contribution in [0.2, 0.25) is 0 Å². The van der Waals surface area contributed by atoms with Gasteiger partial charge in [0.2, 0.25) is 0 Å². The molecule has 0 fully saturated rings. The van der Waals surface area contributed by atoms with Crippen LogP contribution in [0.25, 0.3) is 0 Å². The Bertz CT molecular complexity index is 549. The molecule has 0 aliphatic heterocycles. The number of aromatic nitrogens is 2. The molecule has 1 amide bonds. The molecule has 5 heteroatoms. The van der Waals surface area contributed by atoms with Gasteiger partial charge in [0.25, 0.3) is 5.91 Å². The number of ether oxygens (including phenoxy) is 1. The predicted molar refractivity (Wildman–Crippen MR) is 67.4 cm³/mol. The molecule has 1 N–H and O–H groups in total. The molecular formula is C13H15N3O2. The Morgan fingerprint density at radius 2 is 2.33 bits per heavy atom. The molecule has 1 aromatic heterocycles. The van der Waals surface area contributed by atoms with E-state index >= 15 is 0 Å². The maximum atomic E-state index is 11.9. The number of nitrogens with zero attached hydrogens (tertiary/aromatic N) is 2. The first kappa shape index (κ1) is 12.2. The van der Waals surface area contributed by atoms with E-state index in [1.165, 1.54) is 0 Å². The minimum Gasteiger partial charge on any atom is -0.497 e. The SMILES string of the molecule is COc1cccc(C(=O)NCc2nccn2C)c1. The Morgan fingerprint density at radius 1 is 1.50 bits per heavy atom. The van der Waals surface area contributed by atoms with Gasteiger partial charge in [-0.2, -0.15) is 0 Å². The number of carbonyl (C=O) groups excluding carboxylic acids is 1. The molecule has 0 bridgehead atoms. The second-order valence-electron chi connectivity index (χ2n) is 3.87. The topological polar surface area (TPSA) is 56.1 Å². The highest BCUT2D eigenvalue weighted by atomic mass is 16.5. The van der Waals surface area contributed by atoms with Crippen molar-refractivity contribution in [2.75, 3.05) is 7.11 Å². The third-order valence-corrected chi connectivity index (χ3v) is 2.66. The molecule has 0 saturated heterocycles. The standard InChI is InChI=1S/C13H15N3O2/c1-16-7-6-14-12(16)9-15-13(17)10-4-3-5-11(8-10)18-2/h3-8H,9H2,1-2H3,(H,15,17). The third kappa shape index (κ3) is 2.68. The van der Waals surface area contributed by atoms with E-state index in [1.807, 2.05) is 17.8 Å². The van der Waals surface area contributed by atoms with Gasteiger partial charge in [-0.1, -0.05) is 6.07 Å². The van der Waals surface area contributed by atoms with Crippen molar-refractivity contribution in [1.82, 2.24) is 14.9 Å². The summed E-state index contributed by atoms with van der Waals surface area (Å²) in [4.78, 5) is 16.1. The molecule has 2 rings (SSSR count). The van der Waals surface area contributed by atoms with Crippen LogP contribution >= 0.6 is 0 Å². The van der Waals surface area contributed by atoms with Crippen LogP contribution in [-0.2, 0) is 13.6 Å². The second-order valence-corrected chi connectivity index (χ2v) is 3.87. The zero-order valence-corrected chi connectivity index (χ0v) is 10.4. The van der Waals surface area contributed by atoms with E-state index < -0.39 is 0 Å². The Balaban J connectivity index is 2.01. The number of imidazole rings is 1. The first-order chi connectivity index (χ1) is 8.70. The Morgan fingerprint density at radius 3 is 3.00 bits per heavy atom. The summed E-state index contributed by atoms with van der Waals surface area (Å²) < 4.78 is 6.94. The Kier molecular flexibility index (Phi) is 3.62. The molecule has 2 aromatic rings. The van der Waals surface area contributed by atoms with Gasteiger partial charge in [-0.3, -0.25) is 4.79 Å². The molecular weight excluding hydrogens is 230 g/mol. The normalized spacial score (nSPS) is 10.1. The van der Waals surface area contributed by atoms with Gasteiger partial charge in [-0.15, -0.1) is 0 Å². The van der Waals surface area contributed by atoms with E-state index in [9.17, 15) is 4.79 Å². The van der Waals surface area contributed by atoms with Gasteiger partial charge in [0.1, 0.15) is 11.6 Å². The number of nitrogens with one attached hydrogen (secondary N) is 1. The molecule has 0 radical (unpaired) electrons. The van der Waals surface area contributed by atoms with E-state index in [2.05, 4.69) is 10.3 Å². The highest BCUT2D eigenvalue weighted by Gasteiger charge is 2.07. The predicted octanol–water partition coefficient (Wildman–Crippen LogP) is 1.36. The van der Waals surface area contributed by atoms with Crippen molar-refractivity contribution >= 4 is 5.91 Å². The summed E-state index contributed by atoms with van der Waals surface area (Å²) in [5.74, 6) is 1.34. The number of hydrogen-bond acceptors (Lipinski definition) is 3. The van der Waals surface area contributed by atoms with Crippen LogP contribution in [0.5, 0.6) is 5.75 Å². The van der Waals surface area contributed by atoms with Crippen LogP contribution in [0, 0.1) is 0 Å². The minimum atomic E-state index is -0.142. The molecule has 1 heterocycles. The number of methoxy groups -OCH3 is 1. The fourth-order valence-corrected chi connectivity index (χ4v) is 1.59. The van der Waals surface area contributed by atoms with E-state index in [1.54, 1.807) is 37.6 Å². The van der Waals surface area contributed by atoms with Gasteiger partial charge in [-0.05, 0) is 18.2 Å².